The molecule has 0 aliphatic heterocycles. The monoisotopic (exact) mass is 423 g/mol. The Labute approximate surface area is 175 Å². The van der Waals surface area contributed by atoms with Gasteiger partial charge in [-0.05, 0) is 50.7 Å². The Morgan fingerprint density at radius 3 is 2.86 bits per heavy atom. The number of carbonyl (C=O) groups is 1. The van der Waals surface area contributed by atoms with Crippen molar-refractivity contribution < 1.29 is 9.53 Å². The average molecular weight is 424 g/mol. The minimum absolute atomic E-state index is 0.0300. The van der Waals surface area contributed by atoms with Crippen LogP contribution in [0.5, 0.6) is 0 Å². The lowest BCUT2D eigenvalue weighted by Crippen LogP contribution is -2.37. The van der Waals surface area contributed by atoms with Crippen LogP contribution < -0.4 is 5.32 Å². The molecule has 0 saturated heterocycles. The van der Waals surface area contributed by atoms with Crippen LogP contribution in [0.15, 0.2) is 24.3 Å². The zero-order valence-corrected chi connectivity index (χ0v) is 17.8. The summed E-state index contributed by atoms with van der Waals surface area (Å²) in [6.07, 6.45) is 2.97. The molecule has 1 heterocycles. The van der Waals surface area contributed by atoms with Crippen molar-refractivity contribution in [2.75, 3.05) is 27.3 Å². The normalized spacial score (nSPS) is 13.9. The first-order chi connectivity index (χ1) is 13.5. The lowest BCUT2D eigenvalue weighted by Gasteiger charge is -2.15. The van der Waals surface area contributed by atoms with Crippen LogP contribution in [0.25, 0.3) is 11.4 Å². The third-order valence-electron chi connectivity index (χ3n) is 4.50. The number of hydrogen-bond donors (Lipinski definition) is 1. The predicted octanol–water partition coefficient (Wildman–Crippen LogP) is 2.94. The fraction of sp³-hybridized carbons (Fsp3) is 0.526. The van der Waals surface area contributed by atoms with E-state index in [1.807, 2.05) is 40.8 Å². The van der Waals surface area contributed by atoms with Gasteiger partial charge in [0.2, 0.25) is 5.91 Å². The Bertz CT molecular complexity index is 877. The Kier molecular flexibility index (Phi) is 7.23. The van der Waals surface area contributed by atoms with Crippen molar-refractivity contribution in [2.45, 2.75) is 38.5 Å². The number of amides is 1. The number of nitrogens with zero attached hydrogens (tertiary/aromatic N) is 4. The molecule has 0 radical (unpaired) electrons. The lowest BCUT2D eigenvalue weighted by atomic mass is 10.2. The summed E-state index contributed by atoms with van der Waals surface area (Å²) in [4.78, 5) is 13.9. The van der Waals surface area contributed by atoms with Crippen LogP contribution in [0.4, 0.5) is 0 Å². The molecule has 1 aromatic heterocycles. The van der Waals surface area contributed by atoms with Crippen molar-refractivity contribution in [3.63, 3.8) is 0 Å². The highest BCUT2D eigenvalue weighted by Gasteiger charge is 2.24. The zero-order chi connectivity index (χ0) is 20.1. The fourth-order valence-corrected chi connectivity index (χ4v) is 3.46. The molecule has 9 heteroatoms. The standard InChI is InChI=1S/C19H26ClN5O2S/c1-23(12-17(26)21-14-8-9-14)13-25-19(28)24(10-5-11-27-2)18(22-25)15-6-3-4-7-16(15)20/h3-4,6-7,14H,5,8-13H2,1-2H3,(H,21,26). The van der Waals surface area contributed by atoms with Gasteiger partial charge in [0.05, 0.1) is 18.2 Å². The summed E-state index contributed by atoms with van der Waals surface area (Å²) in [6.45, 7) is 2.04. The van der Waals surface area contributed by atoms with Gasteiger partial charge in [0.1, 0.15) is 0 Å². The molecule has 1 N–H and O–H groups in total. The van der Waals surface area contributed by atoms with Crippen molar-refractivity contribution in [2.24, 2.45) is 0 Å². The molecule has 0 bridgehead atoms. The Morgan fingerprint density at radius 1 is 1.43 bits per heavy atom. The van der Waals surface area contributed by atoms with Gasteiger partial charge in [-0.15, -0.1) is 0 Å². The quantitative estimate of drug-likeness (QED) is 0.470. The molecule has 1 amide bonds. The van der Waals surface area contributed by atoms with Crippen LogP contribution in [-0.2, 0) is 22.7 Å². The summed E-state index contributed by atoms with van der Waals surface area (Å²) in [5.41, 5.74) is 0.834. The van der Waals surface area contributed by atoms with Crippen molar-refractivity contribution in [1.82, 2.24) is 24.6 Å². The second-order valence-corrected chi connectivity index (χ2v) is 7.85. The lowest BCUT2D eigenvalue weighted by molar-refractivity contribution is -0.122. The van der Waals surface area contributed by atoms with Crippen LogP contribution in [0.1, 0.15) is 19.3 Å². The molecule has 152 valence electrons. The van der Waals surface area contributed by atoms with Gasteiger partial charge >= 0.3 is 0 Å². The summed E-state index contributed by atoms with van der Waals surface area (Å²) in [6, 6.07) is 7.95. The minimum atomic E-state index is 0.0300. The van der Waals surface area contributed by atoms with Gasteiger partial charge < -0.3 is 10.1 Å². The summed E-state index contributed by atoms with van der Waals surface area (Å²) in [5.74, 6) is 0.755. The molecule has 0 spiro atoms. The van der Waals surface area contributed by atoms with E-state index >= 15 is 0 Å². The zero-order valence-electron chi connectivity index (χ0n) is 16.2. The number of nitrogens with one attached hydrogen (secondary N) is 1. The third-order valence-corrected chi connectivity index (χ3v) is 5.26. The van der Waals surface area contributed by atoms with E-state index in [0.717, 1.165) is 30.7 Å². The van der Waals surface area contributed by atoms with Crippen molar-refractivity contribution in [3.8, 4) is 11.4 Å². The van der Waals surface area contributed by atoms with Crippen LogP contribution in [0.2, 0.25) is 5.02 Å². The maximum Gasteiger partial charge on any atom is 0.234 e. The number of ether oxygens (including phenoxy) is 1. The average Bonchev–Trinajstić information content (AvgIpc) is 3.41. The van der Waals surface area contributed by atoms with Gasteiger partial charge in [0.25, 0.3) is 0 Å². The molecule has 2 aromatic rings. The van der Waals surface area contributed by atoms with Gasteiger partial charge in [0.15, 0.2) is 10.6 Å². The topological polar surface area (TPSA) is 64.3 Å². The van der Waals surface area contributed by atoms with E-state index in [1.165, 1.54) is 0 Å². The molecular formula is C19H26ClN5O2S. The van der Waals surface area contributed by atoms with E-state index in [2.05, 4.69) is 5.32 Å². The molecule has 7 nitrogen and oxygen atoms in total. The Hall–Kier alpha value is -1.74. The van der Waals surface area contributed by atoms with Gasteiger partial charge in [-0.1, -0.05) is 23.7 Å². The molecule has 28 heavy (non-hydrogen) atoms. The van der Waals surface area contributed by atoms with Crippen LogP contribution in [-0.4, -0.2) is 58.5 Å². The Balaban J connectivity index is 1.80. The van der Waals surface area contributed by atoms with Crippen molar-refractivity contribution in [3.05, 3.63) is 34.1 Å². The van der Waals surface area contributed by atoms with Gasteiger partial charge in [-0.3, -0.25) is 14.3 Å². The first-order valence-corrected chi connectivity index (χ1v) is 10.2. The molecule has 0 unspecified atom stereocenters. The van der Waals surface area contributed by atoms with E-state index in [1.54, 1.807) is 11.8 Å². The number of rotatable bonds is 10. The summed E-state index contributed by atoms with van der Waals surface area (Å²) in [7, 11) is 3.56. The van der Waals surface area contributed by atoms with Crippen molar-refractivity contribution >= 4 is 29.7 Å². The Morgan fingerprint density at radius 2 is 2.18 bits per heavy atom. The first-order valence-electron chi connectivity index (χ1n) is 9.39. The highest BCUT2D eigenvalue weighted by Crippen LogP contribution is 2.27. The highest BCUT2D eigenvalue weighted by atomic mass is 35.5. The number of likely N-dealkylation sites (N-methyl/N-ethyl adjacent to an activating group) is 1. The molecule has 3 rings (SSSR count). The molecule has 1 fully saturated rings. The second-order valence-electron chi connectivity index (χ2n) is 7.08. The van der Waals surface area contributed by atoms with Gasteiger partial charge in [-0.2, -0.15) is 5.10 Å². The highest BCUT2D eigenvalue weighted by molar-refractivity contribution is 7.71. The van der Waals surface area contributed by atoms with E-state index in [9.17, 15) is 4.79 Å². The largest absolute Gasteiger partial charge is 0.385 e. The van der Waals surface area contributed by atoms with E-state index < -0.39 is 0 Å². The number of methoxy groups -OCH3 is 1. The van der Waals surface area contributed by atoms with Crippen LogP contribution in [0.3, 0.4) is 0 Å². The summed E-state index contributed by atoms with van der Waals surface area (Å²) >= 11 is 12.1. The molecule has 0 atom stereocenters. The number of halogens is 1. The smallest absolute Gasteiger partial charge is 0.234 e. The van der Waals surface area contributed by atoms with Crippen LogP contribution >= 0.6 is 23.8 Å². The van der Waals surface area contributed by atoms with Crippen molar-refractivity contribution in [1.29, 1.82) is 0 Å². The minimum Gasteiger partial charge on any atom is -0.385 e. The van der Waals surface area contributed by atoms with E-state index in [0.29, 0.717) is 42.2 Å². The number of aromatic nitrogens is 3. The predicted molar refractivity (Wildman–Crippen MR) is 112 cm³/mol. The molecule has 1 aliphatic carbocycles. The second kappa shape index (κ2) is 9.65. The third kappa shape index (κ3) is 5.41. The molecular weight excluding hydrogens is 398 g/mol. The first kappa shape index (κ1) is 21.0. The molecule has 1 aromatic carbocycles. The summed E-state index contributed by atoms with van der Waals surface area (Å²) < 4.78 is 9.49. The van der Waals surface area contributed by atoms with E-state index in [-0.39, 0.29) is 5.91 Å². The van der Waals surface area contributed by atoms with Gasteiger partial charge in [0, 0.05) is 31.9 Å². The number of hydrogen-bond acceptors (Lipinski definition) is 5. The van der Waals surface area contributed by atoms with Gasteiger partial charge in [-0.25, -0.2) is 4.68 Å². The molecule has 1 aliphatic rings. The number of benzene rings is 1. The molecule has 1 saturated carbocycles. The summed E-state index contributed by atoms with van der Waals surface area (Å²) in [5, 5.41) is 8.34. The SMILES string of the molecule is COCCCn1c(-c2ccccc2Cl)nn(CN(C)CC(=O)NC2CC2)c1=S. The van der Waals surface area contributed by atoms with E-state index in [4.69, 9.17) is 33.7 Å². The maximum absolute atomic E-state index is 12.0. The maximum atomic E-state index is 12.0. The van der Waals surface area contributed by atoms with Crippen LogP contribution in [0, 0.1) is 4.77 Å². The fourth-order valence-electron chi connectivity index (χ4n) is 2.97. The number of carbonyl (C=O) groups excluding carboxylic acids is 1.